The number of hydrogen-bond acceptors (Lipinski definition) is 2. The maximum Gasteiger partial charge on any atom is 0.0475 e. The second kappa shape index (κ2) is 6.55. The van der Waals surface area contributed by atoms with Crippen molar-refractivity contribution in [3.8, 4) is 0 Å². The molecule has 2 rings (SSSR count). The summed E-state index contributed by atoms with van der Waals surface area (Å²) in [6.07, 6.45) is 3.42. The summed E-state index contributed by atoms with van der Waals surface area (Å²) in [5.74, 6) is 0. The molecule has 0 aliphatic carbocycles. The number of halogens is 1. The molecule has 0 amide bonds. The highest BCUT2D eigenvalue weighted by Crippen LogP contribution is 2.33. The lowest BCUT2D eigenvalue weighted by atomic mass is 9.73. The van der Waals surface area contributed by atoms with Gasteiger partial charge in [0, 0.05) is 36.7 Å². The largest absolute Gasteiger partial charge is 0.381 e. The molecule has 0 radical (unpaired) electrons. The predicted molar refractivity (Wildman–Crippen MR) is 76.3 cm³/mol. The molecule has 0 unspecified atom stereocenters. The van der Waals surface area contributed by atoms with E-state index >= 15 is 0 Å². The number of rotatable bonds is 7. The van der Waals surface area contributed by atoms with Gasteiger partial charge in [-0.15, -0.1) is 0 Å². The number of unbranched alkanes of at least 4 members (excludes halogenated alkanes) is 1. The van der Waals surface area contributed by atoms with E-state index in [0.29, 0.717) is 0 Å². The first kappa shape index (κ1) is 13.9. The normalized spacial score (nSPS) is 17.4. The van der Waals surface area contributed by atoms with E-state index in [9.17, 15) is 0 Å². The number of ether oxygens (including phenoxy) is 1. The maximum atomic E-state index is 6.08. The molecule has 0 spiro atoms. The molecule has 0 atom stereocenters. The maximum absolute atomic E-state index is 6.08. The Bertz CT molecular complexity index is 377. The van der Waals surface area contributed by atoms with Crippen molar-refractivity contribution in [3.63, 3.8) is 0 Å². The van der Waals surface area contributed by atoms with Gasteiger partial charge in [-0.3, -0.25) is 0 Å². The molecule has 1 aliphatic rings. The zero-order chi connectivity index (χ0) is 12.8. The van der Waals surface area contributed by atoms with Crippen molar-refractivity contribution in [2.75, 3.05) is 26.3 Å². The lowest BCUT2D eigenvalue weighted by Crippen LogP contribution is -2.57. The van der Waals surface area contributed by atoms with E-state index in [4.69, 9.17) is 16.3 Å². The van der Waals surface area contributed by atoms with Gasteiger partial charge < -0.3 is 10.1 Å². The van der Waals surface area contributed by atoms with Crippen LogP contribution in [0.15, 0.2) is 24.3 Å². The first-order valence-electron chi connectivity index (χ1n) is 6.81. The van der Waals surface area contributed by atoms with E-state index in [1.54, 1.807) is 0 Å². The monoisotopic (exact) mass is 267 g/mol. The van der Waals surface area contributed by atoms with Crippen LogP contribution >= 0.6 is 11.6 Å². The summed E-state index contributed by atoms with van der Waals surface area (Å²) in [7, 11) is 0. The fourth-order valence-electron chi connectivity index (χ4n) is 2.39. The van der Waals surface area contributed by atoms with E-state index in [2.05, 4.69) is 24.4 Å². The molecule has 0 bridgehead atoms. The third-order valence-corrected chi connectivity index (χ3v) is 3.97. The Morgan fingerprint density at radius 1 is 1.33 bits per heavy atom. The minimum absolute atomic E-state index is 0.233. The van der Waals surface area contributed by atoms with Crippen LogP contribution < -0.4 is 5.32 Å². The van der Waals surface area contributed by atoms with Crippen molar-refractivity contribution in [2.45, 2.75) is 31.6 Å². The lowest BCUT2D eigenvalue weighted by molar-refractivity contribution is 0.0973. The molecule has 1 heterocycles. The Labute approximate surface area is 115 Å². The standard InChI is InChI=1S/C15H22ClNO/c1-2-3-8-18-9-7-15(11-17-12-15)13-5-4-6-14(16)10-13/h4-6,10,17H,2-3,7-9,11-12H2,1H3. The smallest absolute Gasteiger partial charge is 0.0475 e. The molecule has 1 aromatic carbocycles. The number of benzene rings is 1. The van der Waals surface area contributed by atoms with Crippen molar-refractivity contribution in [3.05, 3.63) is 34.9 Å². The van der Waals surface area contributed by atoms with Gasteiger partial charge >= 0.3 is 0 Å². The minimum atomic E-state index is 0.233. The van der Waals surface area contributed by atoms with Crippen molar-refractivity contribution >= 4 is 11.6 Å². The molecule has 1 aromatic rings. The van der Waals surface area contributed by atoms with Crippen LogP contribution in [0, 0.1) is 0 Å². The van der Waals surface area contributed by atoms with Crippen LogP contribution in [0.2, 0.25) is 5.02 Å². The number of hydrogen-bond donors (Lipinski definition) is 1. The van der Waals surface area contributed by atoms with Crippen LogP contribution in [0.1, 0.15) is 31.7 Å². The molecule has 18 heavy (non-hydrogen) atoms. The first-order chi connectivity index (χ1) is 8.77. The Hall–Kier alpha value is -0.570. The zero-order valence-electron chi connectivity index (χ0n) is 11.0. The molecule has 1 N–H and O–H groups in total. The van der Waals surface area contributed by atoms with Crippen LogP contribution in [0.4, 0.5) is 0 Å². The summed E-state index contributed by atoms with van der Waals surface area (Å²) in [4.78, 5) is 0. The van der Waals surface area contributed by atoms with Crippen molar-refractivity contribution < 1.29 is 4.74 Å². The van der Waals surface area contributed by atoms with Gasteiger partial charge in [-0.2, -0.15) is 0 Å². The summed E-state index contributed by atoms with van der Waals surface area (Å²) >= 11 is 6.08. The van der Waals surface area contributed by atoms with Crippen LogP contribution in [-0.2, 0) is 10.2 Å². The quantitative estimate of drug-likeness (QED) is 0.765. The fraction of sp³-hybridized carbons (Fsp3) is 0.600. The lowest BCUT2D eigenvalue weighted by Gasteiger charge is -2.43. The molecule has 0 aromatic heterocycles. The molecule has 1 aliphatic heterocycles. The van der Waals surface area contributed by atoms with Crippen LogP contribution in [0.3, 0.4) is 0 Å². The molecular formula is C15H22ClNO. The average molecular weight is 268 g/mol. The summed E-state index contributed by atoms with van der Waals surface area (Å²) in [5.41, 5.74) is 1.57. The van der Waals surface area contributed by atoms with Crippen LogP contribution in [0.25, 0.3) is 0 Å². The molecule has 1 fully saturated rings. The van der Waals surface area contributed by atoms with Gasteiger partial charge in [0.1, 0.15) is 0 Å². The minimum Gasteiger partial charge on any atom is -0.381 e. The number of nitrogens with one attached hydrogen (secondary N) is 1. The summed E-state index contributed by atoms with van der Waals surface area (Å²) in [5, 5.41) is 4.20. The van der Waals surface area contributed by atoms with Crippen molar-refractivity contribution in [1.29, 1.82) is 0 Å². The summed E-state index contributed by atoms with van der Waals surface area (Å²) in [6.45, 7) is 5.98. The second-order valence-electron chi connectivity index (χ2n) is 5.11. The highest BCUT2D eigenvalue weighted by atomic mass is 35.5. The van der Waals surface area contributed by atoms with Gasteiger partial charge in [-0.25, -0.2) is 0 Å². The third kappa shape index (κ3) is 3.25. The van der Waals surface area contributed by atoms with Gasteiger partial charge in [0.15, 0.2) is 0 Å². The highest BCUT2D eigenvalue weighted by Gasteiger charge is 2.38. The Kier molecular flexibility index (Phi) is 5.04. The molecule has 1 saturated heterocycles. The van der Waals surface area contributed by atoms with Gasteiger partial charge in [0.25, 0.3) is 0 Å². The molecular weight excluding hydrogens is 246 g/mol. The van der Waals surface area contributed by atoms with Crippen LogP contribution in [-0.4, -0.2) is 26.3 Å². The van der Waals surface area contributed by atoms with Crippen LogP contribution in [0.5, 0.6) is 0 Å². The van der Waals surface area contributed by atoms with E-state index in [1.807, 2.05) is 12.1 Å². The SMILES string of the molecule is CCCCOCCC1(c2cccc(Cl)c2)CNC1. The fourth-order valence-corrected chi connectivity index (χ4v) is 2.58. The van der Waals surface area contributed by atoms with E-state index < -0.39 is 0 Å². The molecule has 2 nitrogen and oxygen atoms in total. The Morgan fingerprint density at radius 2 is 2.17 bits per heavy atom. The summed E-state index contributed by atoms with van der Waals surface area (Å²) in [6, 6.07) is 8.24. The highest BCUT2D eigenvalue weighted by molar-refractivity contribution is 6.30. The topological polar surface area (TPSA) is 21.3 Å². The predicted octanol–water partition coefficient (Wildman–Crippen LogP) is 3.39. The molecule has 0 saturated carbocycles. The van der Waals surface area contributed by atoms with E-state index in [0.717, 1.165) is 44.2 Å². The summed E-state index contributed by atoms with van der Waals surface area (Å²) < 4.78 is 5.70. The second-order valence-corrected chi connectivity index (χ2v) is 5.55. The Morgan fingerprint density at radius 3 is 2.78 bits per heavy atom. The van der Waals surface area contributed by atoms with Crippen molar-refractivity contribution in [2.24, 2.45) is 0 Å². The van der Waals surface area contributed by atoms with E-state index in [1.165, 1.54) is 12.0 Å². The van der Waals surface area contributed by atoms with Gasteiger partial charge in [-0.1, -0.05) is 37.1 Å². The third-order valence-electron chi connectivity index (χ3n) is 3.73. The molecule has 100 valence electrons. The van der Waals surface area contributed by atoms with Gasteiger partial charge in [0.2, 0.25) is 0 Å². The first-order valence-corrected chi connectivity index (χ1v) is 7.19. The van der Waals surface area contributed by atoms with Crippen molar-refractivity contribution in [1.82, 2.24) is 5.32 Å². The zero-order valence-corrected chi connectivity index (χ0v) is 11.8. The van der Waals surface area contributed by atoms with Gasteiger partial charge in [-0.05, 0) is 30.5 Å². The molecule has 3 heteroatoms. The Balaban J connectivity index is 1.90. The van der Waals surface area contributed by atoms with Gasteiger partial charge in [0.05, 0.1) is 0 Å². The average Bonchev–Trinajstić information content (AvgIpc) is 2.32. The van der Waals surface area contributed by atoms with E-state index in [-0.39, 0.29) is 5.41 Å².